The topological polar surface area (TPSA) is 45.5 Å². The molecule has 1 aliphatic rings. The summed E-state index contributed by atoms with van der Waals surface area (Å²) < 4.78 is 24.8. The van der Waals surface area contributed by atoms with Gasteiger partial charge in [-0.25, -0.2) is 4.39 Å². The highest BCUT2D eigenvalue weighted by Gasteiger charge is 2.30. The van der Waals surface area contributed by atoms with Crippen LogP contribution in [0.15, 0.2) is 12.1 Å². The van der Waals surface area contributed by atoms with E-state index >= 15 is 0 Å². The molecule has 0 spiro atoms. The van der Waals surface area contributed by atoms with Gasteiger partial charge in [0.2, 0.25) is 0 Å². The number of nitriles is 1. The lowest BCUT2D eigenvalue weighted by molar-refractivity contribution is 0.0377. The highest BCUT2D eigenvalue weighted by Crippen LogP contribution is 2.26. The zero-order valence-corrected chi connectivity index (χ0v) is 13.6. The summed E-state index contributed by atoms with van der Waals surface area (Å²) in [5.74, 6) is -0.313. The van der Waals surface area contributed by atoms with E-state index in [0.29, 0.717) is 12.2 Å². The van der Waals surface area contributed by atoms with Crippen molar-refractivity contribution in [2.45, 2.75) is 45.4 Å². The van der Waals surface area contributed by atoms with Gasteiger partial charge in [0, 0.05) is 18.6 Å². The second-order valence-corrected chi connectivity index (χ2v) is 6.61. The van der Waals surface area contributed by atoms with Crippen LogP contribution < -0.4 is 4.74 Å². The first kappa shape index (κ1) is 16.7. The van der Waals surface area contributed by atoms with E-state index < -0.39 is 5.82 Å². The molecule has 1 aliphatic heterocycles. The summed E-state index contributed by atoms with van der Waals surface area (Å²) in [4.78, 5) is 2.39. The maximum Gasteiger partial charge on any atom is 0.145 e. The Morgan fingerprint density at radius 3 is 2.68 bits per heavy atom. The molecule has 22 heavy (non-hydrogen) atoms. The molecule has 1 atom stereocenters. The number of nitrogens with zero attached hydrogens (tertiary/aromatic N) is 2. The molecule has 0 aromatic heterocycles. The lowest BCUT2D eigenvalue weighted by atomic mass is 10.1. The molecule has 120 valence electrons. The van der Waals surface area contributed by atoms with E-state index in [1.54, 1.807) is 6.07 Å². The summed E-state index contributed by atoms with van der Waals surface area (Å²) in [6, 6.07) is 4.82. The number of ether oxygens (including phenoxy) is 2. The van der Waals surface area contributed by atoms with Crippen molar-refractivity contribution in [2.24, 2.45) is 0 Å². The van der Waals surface area contributed by atoms with Gasteiger partial charge in [-0.05, 0) is 44.9 Å². The third-order valence-corrected chi connectivity index (χ3v) is 4.02. The highest BCUT2D eigenvalue weighted by molar-refractivity contribution is 5.46. The largest absolute Gasteiger partial charge is 0.495 e. The van der Waals surface area contributed by atoms with Gasteiger partial charge in [-0.2, -0.15) is 5.26 Å². The van der Waals surface area contributed by atoms with Crippen LogP contribution in [0.25, 0.3) is 0 Å². The maximum atomic E-state index is 13.9. The number of methoxy groups -OCH3 is 1. The van der Waals surface area contributed by atoms with Gasteiger partial charge in [0.05, 0.1) is 19.8 Å². The third kappa shape index (κ3) is 3.76. The van der Waals surface area contributed by atoms with Crippen LogP contribution in [-0.2, 0) is 11.3 Å². The minimum atomic E-state index is -0.566. The monoisotopic (exact) mass is 306 g/mol. The summed E-state index contributed by atoms with van der Waals surface area (Å²) in [5, 5.41) is 8.92. The van der Waals surface area contributed by atoms with Gasteiger partial charge in [0.25, 0.3) is 0 Å². The fraction of sp³-hybridized carbons (Fsp3) is 0.588. The number of hydrogen-bond acceptors (Lipinski definition) is 4. The average molecular weight is 306 g/mol. The minimum Gasteiger partial charge on any atom is -0.495 e. The Hall–Kier alpha value is -1.64. The molecule has 2 rings (SSSR count). The van der Waals surface area contributed by atoms with Gasteiger partial charge in [0.1, 0.15) is 23.2 Å². The molecular weight excluding hydrogens is 283 g/mol. The van der Waals surface area contributed by atoms with E-state index in [-0.39, 0.29) is 23.0 Å². The zero-order valence-electron chi connectivity index (χ0n) is 13.6. The molecular formula is C17H23FN2O2. The average Bonchev–Trinajstić information content (AvgIpc) is 2.93. The second kappa shape index (κ2) is 6.64. The molecule has 0 unspecified atom stereocenters. The van der Waals surface area contributed by atoms with Crippen LogP contribution in [0.5, 0.6) is 5.75 Å². The Kier molecular flexibility index (Phi) is 5.05. The molecule has 0 bridgehead atoms. The predicted octanol–water partition coefficient (Wildman–Crippen LogP) is 3.10. The van der Waals surface area contributed by atoms with E-state index in [1.165, 1.54) is 13.2 Å². The van der Waals surface area contributed by atoms with Crippen LogP contribution in [0.4, 0.5) is 4.39 Å². The quantitative estimate of drug-likeness (QED) is 0.857. The number of hydrogen-bond donors (Lipinski definition) is 0. The van der Waals surface area contributed by atoms with Crippen LogP contribution in [0.3, 0.4) is 0 Å². The van der Waals surface area contributed by atoms with Crippen molar-refractivity contribution in [1.82, 2.24) is 4.90 Å². The summed E-state index contributed by atoms with van der Waals surface area (Å²) in [7, 11) is 1.43. The molecule has 1 heterocycles. The van der Waals surface area contributed by atoms with Crippen LogP contribution >= 0.6 is 0 Å². The van der Waals surface area contributed by atoms with Gasteiger partial charge in [-0.3, -0.25) is 4.90 Å². The predicted molar refractivity (Wildman–Crippen MR) is 82.2 cm³/mol. The Morgan fingerprint density at radius 2 is 2.14 bits per heavy atom. The van der Waals surface area contributed by atoms with Crippen molar-refractivity contribution in [1.29, 1.82) is 5.26 Å². The molecule has 4 nitrogen and oxygen atoms in total. The summed E-state index contributed by atoms with van der Waals surface area (Å²) >= 11 is 0. The van der Waals surface area contributed by atoms with E-state index in [4.69, 9.17) is 14.7 Å². The van der Waals surface area contributed by atoms with Gasteiger partial charge < -0.3 is 9.47 Å². The van der Waals surface area contributed by atoms with Crippen molar-refractivity contribution in [3.05, 3.63) is 29.1 Å². The molecule has 1 fully saturated rings. The first-order valence-electron chi connectivity index (χ1n) is 7.48. The molecule has 0 amide bonds. The van der Waals surface area contributed by atoms with Crippen molar-refractivity contribution < 1.29 is 13.9 Å². The number of likely N-dealkylation sites (tertiary alicyclic amines) is 1. The zero-order chi connectivity index (χ0) is 16.3. The van der Waals surface area contributed by atoms with Crippen molar-refractivity contribution in [3.8, 4) is 11.8 Å². The minimum absolute atomic E-state index is 0.0639. The maximum absolute atomic E-state index is 13.9. The second-order valence-electron chi connectivity index (χ2n) is 6.61. The molecule has 1 aromatic rings. The van der Waals surface area contributed by atoms with E-state index in [2.05, 4.69) is 25.7 Å². The SMILES string of the molecule is COc1cc(CO[C@H]2CCN(C(C)(C)C)C2)cc(F)c1C#N. The number of benzene rings is 1. The standard InChI is InChI=1S/C17H23FN2O2/c1-17(2,3)20-6-5-13(10-20)22-11-12-7-15(18)14(9-19)16(8-12)21-4/h7-8,13H,5-6,10-11H2,1-4H3/t13-/m0/s1. The molecule has 5 heteroatoms. The van der Waals surface area contributed by atoms with Gasteiger partial charge in [0.15, 0.2) is 0 Å². The van der Waals surface area contributed by atoms with Gasteiger partial charge in [-0.15, -0.1) is 0 Å². The van der Waals surface area contributed by atoms with Gasteiger partial charge in [-0.1, -0.05) is 0 Å². The van der Waals surface area contributed by atoms with Crippen molar-refractivity contribution in [2.75, 3.05) is 20.2 Å². The molecule has 1 saturated heterocycles. The van der Waals surface area contributed by atoms with E-state index in [9.17, 15) is 4.39 Å². The van der Waals surface area contributed by atoms with Crippen LogP contribution in [0.1, 0.15) is 38.3 Å². The van der Waals surface area contributed by atoms with E-state index in [0.717, 1.165) is 19.5 Å². The molecule has 0 aliphatic carbocycles. The fourth-order valence-electron chi connectivity index (χ4n) is 2.68. The van der Waals surface area contributed by atoms with Crippen LogP contribution in [0.2, 0.25) is 0 Å². The molecule has 0 radical (unpaired) electrons. The summed E-state index contributed by atoms with van der Waals surface area (Å²) in [6.45, 7) is 8.79. The van der Waals surface area contributed by atoms with Crippen LogP contribution in [0, 0.1) is 17.1 Å². The van der Waals surface area contributed by atoms with Crippen LogP contribution in [-0.4, -0.2) is 36.7 Å². The fourth-order valence-corrected chi connectivity index (χ4v) is 2.68. The Balaban J connectivity index is 1.99. The smallest absolute Gasteiger partial charge is 0.145 e. The summed E-state index contributed by atoms with van der Waals surface area (Å²) in [6.07, 6.45) is 1.14. The number of halogens is 1. The number of rotatable bonds is 4. The Labute approximate surface area is 131 Å². The first-order chi connectivity index (χ1) is 10.3. The van der Waals surface area contributed by atoms with Gasteiger partial charge >= 0.3 is 0 Å². The Morgan fingerprint density at radius 1 is 1.41 bits per heavy atom. The normalized spacial score (nSPS) is 19.2. The van der Waals surface area contributed by atoms with Crippen molar-refractivity contribution in [3.63, 3.8) is 0 Å². The molecule has 0 N–H and O–H groups in total. The van der Waals surface area contributed by atoms with E-state index in [1.807, 2.05) is 6.07 Å². The first-order valence-corrected chi connectivity index (χ1v) is 7.48. The molecule has 1 aromatic carbocycles. The summed E-state index contributed by atoms with van der Waals surface area (Å²) in [5.41, 5.74) is 0.760. The lowest BCUT2D eigenvalue weighted by Crippen LogP contribution is -2.40. The highest BCUT2D eigenvalue weighted by atomic mass is 19.1. The molecule has 0 saturated carbocycles. The van der Waals surface area contributed by atoms with Crippen molar-refractivity contribution >= 4 is 0 Å². The third-order valence-electron chi connectivity index (χ3n) is 4.02. The Bertz CT molecular complexity index is 575. The lowest BCUT2D eigenvalue weighted by Gasteiger charge is -2.31.